The smallest absolute Gasteiger partial charge is 0.289 e. The van der Waals surface area contributed by atoms with E-state index in [0.29, 0.717) is 17.5 Å². The normalized spacial score (nSPS) is 11.1. The molecule has 0 aliphatic carbocycles. The first-order valence-corrected chi connectivity index (χ1v) is 14.2. The van der Waals surface area contributed by atoms with E-state index in [9.17, 15) is 9.59 Å². The van der Waals surface area contributed by atoms with Gasteiger partial charge in [-0.3, -0.25) is 9.78 Å². The van der Waals surface area contributed by atoms with Crippen molar-refractivity contribution < 1.29 is 29.1 Å². The van der Waals surface area contributed by atoms with Crippen LogP contribution in [0.5, 0.6) is 0 Å². The van der Waals surface area contributed by atoms with Crippen molar-refractivity contribution in [1.29, 1.82) is 0 Å². The maximum Gasteiger partial charge on any atom is 0.373 e. The van der Waals surface area contributed by atoms with Crippen LogP contribution in [0.1, 0.15) is 123 Å². The van der Waals surface area contributed by atoms with Crippen molar-refractivity contribution in [2.75, 3.05) is 0 Å². The highest BCUT2D eigenvalue weighted by Gasteiger charge is 2.21. The minimum absolute atomic E-state index is 0.0626. The van der Waals surface area contributed by atoms with Crippen LogP contribution in [0, 0.1) is 13.2 Å². The third kappa shape index (κ3) is 12.7. The molecule has 0 aliphatic heterocycles. The van der Waals surface area contributed by atoms with Gasteiger partial charge in [-0.25, -0.2) is 9.59 Å². The minimum Gasteiger partial charge on any atom is -0.289 e. The van der Waals surface area contributed by atoms with Gasteiger partial charge in [-0.15, -0.1) is 9.78 Å². The summed E-state index contributed by atoms with van der Waals surface area (Å²) in [5, 5.41) is 0. The Hall–Kier alpha value is -2.70. The first-order valence-electron chi connectivity index (χ1n) is 14.2. The molecule has 0 spiro atoms. The predicted octanol–water partition coefficient (Wildman–Crippen LogP) is 8.69. The molecule has 6 nitrogen and oxygen atoms in total. The fraction of sp³-hybridized carbons (Fsp3) is 0.500. The molecule has 38 heavy (non-hydrogen) atoms. The number of carbonyl (C=O) groups excluding carboxylic acids is 2. The second-order valence-electron chi connectivity index (χ2n) is 9.61. The lowest BCUT2D eigenvalue weighted by atomic mass is 10.1. The lowest BCUT2D eigenvalue weighted by Crippen LogP contribution is -2.16. The van der Waals surface area contributed by atoms with Crippen LogP contribution in [0.3, 0.4) is 0 Å². The summed E-state index contributed by atoms with van der Waals surface area (Å²) in [6.07, 6.45) is 14.1. The van der Waals surface area contributed by atoms with Crippen LogP contribution in [-0.2, 0) is 32.4 Å². The van der Waals surface area contributed by atoms with Crippen LogP contribution in [0.15, 0.2) is 48.5 Å². The minimum atomic E-state index is -0.644. The lowest BCUT2D eigenvalue weighted by Gasteiger charge is -2.14. The van der Waals surface area contributed by atoms with E-state index in [1.54, 1.807) is 24.3 Å². The first kappa shape index (κ1) is 31.5. The zero-order valence-corrected chi connectivity index (χ0v) is 23.2. The monoisotopic (exact) mass is 524 g/mol. The molecule has 2 aromatic rings. The number of rotatable bonds is 20. The van der Waals surface area contributed by atoms with Gasteiger partial charge in [0.15, 0.2) is 0 Å². The average Bonchev–Trinajstić information content (AvgIpc) is 2.94. The third-order valence-electron chi connectivity index (χ3n) is 6.26. The Morgan fingerprint density at radius 1 is 0.579 bits per heavy atom. The summed E-state index contributed by atoms with van der Waals surface area (Å²) in [7, 11) is 0. The van der Waals surface area contributed by atoms with E-state index in [1.807, 2.05) is 24.3 Å². The molecular weight excluding hydrogens is 480 g/mol. The van der Waals surface area contributed by atoms with E-state index in [1.165, 1.54) is 32.1 Å². The van der Waals surface area contributed by atoms with Gasteiger partial charge in [0.25, 0.3) is 0 Å². The van der Waals surface area contributed by atoms with E-state index in [0.717, 1.165) is 62.5 Å². The van der Waals surface area contributed by atoms with E-state index in [2.05, 4.69) is 20.8 Å². The summed E-state index contributed by atoms with van der Waals surface area (Å²) in [4.78, 5) is 45.3. The van der Waals surface area contributed by atoms with E-state index in [4.69, 9.17) is 19.6 Å². The molecule has 0 fully saturated rings. The summed E-state index contributed by atoms with van der Waals surface area (Å²) in [6, 6.07) is 14.4. The zero-order chi connectivity index (χ0) is 27.4. The predicted molar refractivity (Wildman–Crippen MR) is 149 cm³/mol. The van der Waals surface area contributed by atoms with Crippen molar-refractivity contribution in [3.8, 4) is 0 Å². The van der Waals surface area contributed by atoms with Crippen LogP contribution in [0.2, 0.25) is 0 Å². The van der Waals surface area contributed by atoms with E-state index < -0.39 is 11.9 Å². The molecule has 0 saturated heterocycles. The fourth-order valence-corrected chi connectivity index (χ4v) is 4.06. The zero-order valence-electron chi connectivity index (χ0n) is 23.2. The molecule has 0 aromatic heterocycles. The number of hydrogen-bond donors (Lipinski definition) is 0. The largest absolute Gasteiger partial charge is 0.373 e. The standard InChI is InChI=1S/C32H44O6/c1-4-7-8-9-10-11-12-13-14-17-30(35-37-31(33)28-22-18-26(15-5-2)19-23-28)36-38-32(34)29-24-20-27(16-6-3)21-25-29/h18-25H,1,4-17H2,2-3H3. The quantitative estimate of drug-likeness (QED) is 0.0980. The molecule has 0 amide bonds. The Bertz CT molecular complexity index is 841. The maximum atomic E-state index is 12.5. The first-order chi connectivity index (χ1) is 18.6. The molecule has 2 aromatic carbocycles. The lowest BCUT2D eigenvalue weighted by molar-refractivity contribution is -0.363. The molecule has 0 unspecified atom stereocenters. The van der Waals surface area contributed by atoms with Crippen LogP contribution in [-0.4, -0.2) is 11.9 Å². The molecule has 2 radical (unpaired) electrons. The number of benzene rings is 2. The van der Waals surface area contributed by atoms with Gasteiger partial charge >= 0.3 is 18.2 Å². The average molecular weight is 525 g/mol. The maximum absolute atomic E-state index is 12.5. The highest BCUT2D eigenvalue weighted by Crippen LogP contribution is 2.20. The van der Waals surface area contributed by atoms with Gasteiger partial charge in [-0.1, -0.05) is 109 Å². The van der Waals surface area contributed by atoms with Crippen LogP contribution in [0.4, 0.5) is 0 Å². The summed E-state index contributed by atoms with van der Waals surface area (Å²) in [6.45, 7) is 8.09. The van der Waals surface area contributed by atoms with E-state index >= 15 is 0 Å². The van der Waals surface area contributed by atoms with Crippen molar-refractivity contribution in [2.24, 2.45) is 0 Å². The van der Waals surface area contributed by atoms with Gasteiger partial charge in [0, 0.05) is 6.42 Å². The molecule has 2 rings (SSSR count). The second-order valence-corrected chi connectivity index (χ2v) is 9.61. The molecule has 0 aliphatic rings. The van der Waals surface area contributed by atoms with Gasteiger partial charge in [0.1, 0.15) is 0 Å². The van der Waals surface area contributed by atoms with Crippen LogP contribution >= 0.6 is 0 Å². The molecular formula is C32H44O6. The van der Waals surface area contributed by atoms with Gasteiger partial charge < -0.3 is 0 Å². The van der Waals surface area contributed by atoms with Crippen LogP contribution < -0.4 is 0 Å². The Morgan fingerprint density at radius 3 is 1.37 bits per heavy atom. The van der Waals surface area contributed by atoms with Gasteiger partial charge in [-0.2, -0.15) is 0 Å². The fourth-order valence-electron chi connectivity index (χ4n) is 4.06. The summed E-state index contributed by atoms with van der Waals surface area (Å²) >= 11 is 0. The molecule has 6 heteroatoms. The third-order valence-corrected chi connectivity index (χ3v) is 6.26. The Balaban J connectivity index is 1.84. The molecule has 0 N–H and O–H groups in total. The van der Waals surface area contributed by atoms with Crippen molar-refractivity contribution >= 4 is 11.9 Å². The topological polar surface area (TPSA) is 71.1 Å². The Morgan fingerprint density at radius 2 is 0.974 bits per heavy atom. The summed E-state index contributed by atoms with van der Waals surface area (Å²) < 4.78 is 0. The van der Waals surface area contributed by atoms with Gasteiger partial charge in [0.05, 0.1) is 11.1 Å². The van der Waals surface area contributed by atoms with Crippen molar-refractivity contribution in [2.45, 2.75) is 104 Å². The number of aryl methyl sites for hydroxylation is 2. The molecule has 208 valence electrons. The SMILES string of the molecule is [CH2]CCCCCCCCCC[C](OOC(=O)c1ccc(CCC)cc1)OOC(=O)c1ccc(CCC)cc1. The van der Waals surface area contributed by atoms with Crippen molar-refractivity contribution in [3.63, 3.8) is 0 Å². The summed E-state index contributed by atoms with van der Waals surface area (Å²) in [5.74, 6) is -1.29. The Kier molecular flexibility index (Phi) is 16.1. The summed E-state index contributed by atoms with van der Waals surface area (Å²) in [5.41, 5.74) is 3.04. The molecule has 0 saturated carbocycles. The van der Waals surface area contributed by atoms with Crippen LogP contribution in [0.25, 0.3) is 0 Å². The van der Waals surface area contributed by atoms with Crippen molar-refractivity contribution in [3.05, 3.63) is 84.0 Å². The van der Waals surface area contributed by atoms with E-state index in [-0.39, 0.29) is 6.29 Å². The number of unbranched alkanes of at least 4 members (excludes halogenated alkanes) is 8. The number of carbonyl (C=O) groups is 2. The second kappa shape index (κ2) is 19.4. The molecule has 0 atom stereocenters. The highest BCUT2D eigenvalue weighted by atomic mass is 17.3. The van der Waals surface area contributed by atoms with Gasteiger partial charge in [0.2, 0.25) is 0 Å². The molecule has 0 bridgehead atoms. The van der Waals surface area contributed by atoms with Crippen molar-refractivity contribution in [1.82, 2.24) is 0 Å². The number of hydrogen-bond acceptors (Lipinski definition) is 6. The Labute approximate surface area is 228 Å². The molecule has 0 heterocycles. The highest BCUT2D eigenvalue weighted by molar-refractivity contribution is 5.89. The van der Waals surface area contributed by atoms with Gasteiger partial charge in [-0.05, 0) is 54.7 Å².